The Morgan fingerprint density at radius 1 is 1.29 bits per heavy atom. The number of benzene rings is 2. The lowest BCUT2D eigenvalue weighted by atomic mass is 10.2. The number of nitrogens with zero attached hydrogens (tertiary/aromatic N) is 1. The topological polar surface area (TPSA) is 29.9 Å². The molecule has 0 spiro atoms. The lowest BCUT2D eigenvalue weighted by molar-refractivity contribution is 0.343. The highest BCUT2D eigenvalue weighted by molar-refractivity contribution is 7.71. The Hall–Kier alpha value is -1.85. The van der Waals surface area contributed by atoms with Gasteiger partial charge in [-0.3, -0.25) is 4.57 Å². The van der Waals surface area contributed by atoms with Crippen molar-refractivity contribution in [2.24, 2.45) is 0 Å². The van der Waals surface area contributed by atoms with Crippen LogP contribution in [0, 0.1) is 10.6 Å². The number of ether oxygens (including phenoxy) is 1. The zero-order valence-electron chi connectivity index (χ0n) is 11.2. The van der Waals surface area contributed by atoms with Gasteiger partial charge in [0.1, 0.15) is 22.8 Å². The van der Waals surface area contributed by atoms with Gasteiger partial charge in [-0.2, -0.15) is 0 Å². The number of rotatable bonds is 3. The molecule has 0 unspecified atom stereocenters. The number of fused-ring (bicyclic) bond motifs is 1. The van der Waals surface area contributed by atoms with Crippen LogP contribution in [0.3, 0.4) is 0 Å². The second-order valence-corrected chi connectivity index (χ2v) is 5.21. The molecule has 0 bridgehead atoms. The van der Waals surface area contributed by atoms with Gasteiger partial charge < -0.3 is 9.72 Å². The lowest BCUT2D eigenvalue weighted by Crippen LogP contribution is -1.99. The summed E-state index contributed by atoms with van der Waals surface area (Å²) in [5.74, 6) is 0.244. The van der Waals surface area contributed by atoms with E-state index in [1.165, 1.54) is 6.07 Å². The van der Waals surface area contributed by atoms with Crippen LogP contribution in [0.25, 0.3) is 16.7 Å². The first kappa shape index (κ1) is 14.1. The zero-order chi connectivity index (χ0) is 15.0. The second-order valence-electron chi connectivity index (χ2n) is 4.42. The SMILES string of the molecule is CCOc1cccc2c1[nH]c(=S)n2-c1c(F)cccc1Cl. The van der Waals surface area contributed by atoms with E-state index in [0.717, 1.165) is 11.0 Å². The van der Waals surface area contributed by atoms with Crippen LogP contribution in [0.5, 0.6) is 5.75 Å². The second kappa shape index (κ2) is 5.50. The van der Waals surface area contributed by atoms with Crippen LogP contribution in [-0.2, 0) is 0 Å². The molecule has 1 aromatic heterocycles. The van der Waals surface area contributed by atoms with Gasteiger partial charge in [-0.15, -0.1) is 0 Å². The first-order valence-electron chi connectivity index (χ1n) is 6.44. The third-order valence-corrected chi connectivity index (χ3v) is 3.73. The van der Waals surface area contributed by atoms with Crippen molar-refractivity contribution < 1.29 is 9.13 Å². The quantitative estimate of drug-likeness (QED) is 0.696. The van der Waals surface area contributed by atoms with Gasteiger partial charge in [0.25, 0.3) is 0 Å². The number of hydrogen-bond acceptors (Lipinski definition) is 2. The molecule has 108 valence electrons. The van der Waals surface area contributed by atoms with Crippen LogP contribution in [-0.4, -0.2) is 16.2 Å². The molecule has 3 nitrogen and oxygen atoms in total. The van der Waals surface area contributed by atoms with E-state index < -0.39 is 5.82 Å². The molecule has 2 aromatic carbocycles. The lowest BCUT2D eigenvalue weighted by Gasteiger charge is -2.09. The molecule has 0 amide bonds. The minimum Gasteiger partial charge on any atom is -0.492 e. The standard InChI is InChI=1S/C15H12ClFN2OS/c1-2-20-12-8-4-7-11-13(12)18-15(21)19(11)14-9(16)5-3-6-10(14)17/h3-8H,2H2,1H3,(H,18,21). The van der Waals surface area contributed by atoms with Crippen molar-refractivity contribution in [1.29, 1.82) is 0 Å². The van der Waals surface area contributed by atoms with Gasteiger partial charge in [-0.25, -0.2) is 4.39 Å². The molecule has 3 rings (SSSR count). The fraction of sp³-hybridized carbons (Fsp3) is 0.133. The minimum atomic E-state index is -0.429. The highest BCUT2D eigenvalue weighted by atomic mass is 35.5. The normalized spacial score (nSPS) is 11.0. The Morgan fingerprint density at radius 3 is 2.76 bits per heavy atom. The fourth-order valence-electron chi connectivity index (χ4n) is 2.30. The summed E-state index contributed by atoms with van der Waals surface area (Å²) in [5.41, 5.74) is 1.69. The highest BCUT2D eigenvalue weighted by Crippen LogP contribution is 2.31. The number of nitrogens with one attached hydrogen (secondary N) is 1. The first-order chi connectivity index (χ1) is 10.1. The van der Waals surface area contributed by atoms with Gasteiger partial charge in [0.05, 0.1) is 17.1 Å². The molecule has 0 saturated carbocycles. The molecule has 0 radical (unpaired) electrons. The molecule has 0 saturated heterocycles. The Balaban J connectivity index is 2.37. The van der Waals surface area contributed by atoms with Gasteiger partial charge in [0, 0.05) is 0 Å². The van der Waals surface area contributed by atoms with Gasteiger partial charge >= 0.3 is 0 Å². The van der Waals surface area contributed by atoms with E-state index >= 15 is 0 Å². The summed E-state index contributed by atoms with van der Waals surface area (Å²) in [6.07, 6.45) is 0. The maximum Gasteiger partial charge on any atom is 0.183 e. The van der Waals surface area contributed by atoms with Crippen molar-refractivity contribution in [1.82, 2.24) is 9.55 Å². The van der Waals surface area contributed by atoms with Crippen molar-refractivity contribution >= 4 is 34.9 Å². The number of aromatic amines is 1. The molecular weight excluding hydrogens is 311 g/mol. The Kier molecular flexibility index (Phi) is 3.69. The smallest absolute Gasteiger partial charge is 0.183 e. The molecule has 21 heavy (non-hydrogen) atoms. The average molecular weight is 323 g/mol. The van der Waals surface area contributed by atoms with E-state index in [0.29, 0.717) is 22.2 Å². The molecule has 0 atom stereocenters. The molecular formula is C15H12ClFN2OS. The monoisotopic (exact) mass is 322 g/mol. The number of para-hydroxylation sites is 2. The molecule has 6 heteroatoms. The number of hydrogen-bond donors (Lipinski definition) is 1. The first-order valence-corrected chi connectivity index (χ1v) is 7.23. The Labute approximate surface area is 130 Å². The molecule has 0 fully saturated rings. The van der Waals surface area contributed by atoms with E-state index in [1.807, 2.05) is 25.1 Å². The summed E-state index contributed by atoms with van der Waals surface area (Å²) in [7, 11) is 0. The summed E-state index contributed by atoms with van der Waals surface area (Å²) in [4.78, 5) is 3.06. The zero-order valence-corrected chi connectivity index (χ0v) is 12.8. The maximum absolute atomic E-state index is 14.2. The van der Waals surface area contributed by atoms with Crippen LogP contribution in [0.1, 0.15) is 6.92 Å². The van der Waals surface area contributed by atoms with Crippen molar-refractivity contribution in [2.45, 2.75) is 6.92 Å². The maximum atomic E-state index is 14.2. The molecule has 0 aliphatic carbocycles. The predicted octanol–water partition coefficient (Wildman–Crippen LogP) is 4.88. The highest BCUT2D eigenvalue weighted by Gasteiger charge is 2.15. The summed E-state index contributed by atoms with van der Waals surface area (Å²) in [6, 6.07) is 10.1. The Morgan fingerprint density at radius 2 is 2.05 bits per heavy atom. The number of halogens is 2. The van der Waals surface area contributed by atoms with E-state index in [-0.39, 0.29) is 5.69 Å². The number of imidazole rings is 1. The van der Waals surface area contributed by atoms with Gasteiger partial charge in [-0.1, -0.05) is 23.7 Å². The summed E-state index contributed by atoms with van der Waals surface area (Å²) in [6.45, 7) is 2.43. The summed E-state index contributed by atoms with van der Waals surface area (Å²) in [5, 5.41) is 0.300. The average Bonchev–Trinajstić information content (AvgIpc) is 2.77. The summed E-state index contributed by atoms with van der Waals surface area (Å²) < 4.78 is 21.7. The largest absolute Gasteiger partial charge is 0.492 e. The number of aromatic nitrogens is 2. The third-order valence-electron chi connectivity index (χ3n) is 3.14. The van der Waals surface area contributed by atoms with E-state index in [4.69, 9.17) is 28.6 Å². The molecule has 1 N–H and O–H groups in total. The molecule has 0 aliphatic heterocycles. The molecule has 1 heterocycles. The van der Waals surface area contributed by atoms with Gasteiger partial charge in [-0.05, 0) is 43.4 Å². The van der Waals surface area contributed by atoms with Gasteiger partial charge in [0.15, 0.2) is 4.77 Å². The van der Waals surface area contributed by atoms with Crippen LogP contribution in [0.15, 0.2) is 36.4 Å². The van der Waals surface area contributed by atoms with Crippen LogP contribution < -0.4 is 4.74 Å². The summed E-state index contributed by atoms with van der Waals surface area (Å²) >= 11 is 11.5. The fourth-order valence-corrected chi connectivity index (χ4v) is 2.84. The van der Waals surface area contributed by atoms with Crippen molar-refractivity contribution in [3.8, 4) is 11.4 Å². The van der Waals surface area contributed by atoms with Crippen molar-refractivity contribution in [2.75, 3.05) is 6.61 Å². The number of H-pyrrole nitrogens is 1. The molecule has 3 aromatic rings. The van der Waals surface area contributed by atoms with E-state index in [1.54, 1.807) is 16.7 Å². The third kappa shape index (κ3) is 2.32. The Bertz CT molecular complexity index is 851. The van der Waals surface area contributed by atoms with Crippen LogP contribution in [0.4, 0.5) is 4.39 Å². The van der Waals surface area contributed by atoms with Crippen LogP contribution >= 0.6 is 23.8 Å². The van der Waals surface area contributed by atoms with Crippen molar-refractivity contribution in [3.63, 3.8) is 0 Å². The van der Waals surface area contributed by atoms with E-state index in [9.17, 15) is 4.39 Å². The van der Waals surface area contributed by atoms with Crippen molar-refractivity contribution in [3.05, 3.63) is 52.0 Å². The van der Waals surface area contributed by atoms with E-state index in [2.05, 4.69) is 4.98 Å². The van der Waals surface area contributed by atoms with Crippen LogP contribution in [0.2, 0.25) is 5.02 Å². The predicted molar refractivity (Wildman–Crippen MR) is 84.6 cm³/mol. The minimum absolute atomic E-state index is 0.240. The molecule has 0 aliphatic rings. The van der Waals surface area contributed by atoms with Gasteiger partial charge in [0.2, 0.25) is 0 Å².